The number of ketones is 2. The Morgan fingerprint density at radius 3 is 2.19 bits per heavy atom. The third kappa shape index (κ3) is 7.14. The van der Waals surface area contributed by atoms with E-state index < -0.39 is 12.0 Å². The monoisotopic (exact) mass is 442 g/mol. The fraction of sp³-hybridized carbons (Fsp3) is 0.417. The molecule has 0 aliphatic rings. The first kappa shape index (κ1) is 24.5. The quantitative estimate of drug-likeness (QED) is 0.586. The largest absolute Gasteiger partial charge is 0.346 e. The molecule has 2 amide bonds. The normalized spacial score (nSPS) is 12.8. The zero-order valence-electron chi connectivity index (χ0n) is 18.7. The lowest BCUT2D eigenvalue weighted by atomic mass is 9.98. The molecule has 1 aromatic carbocycles. The van der Waals surface area contributed by atoms with E-state index in [4.69, 9.17) is 0 Å². The van der Waals surface area contributed by atoms with Crippen molar-refractivity contribution in [3.63, 3.8) is 0 Å². The van der Waals surface area contributed by atoms with Gasteiger partial charge in [0.15, 0.2) is 11.6 Å². The van der Waals surface area contributed by atoms with Crippen LogP contribution in [0.3, 0.4) is 0 Å². The number of carbonyl (C=O) groups is 4. The Balaban J connectivity index is 1.85. The number of aryl methyl sites for hydroxylation is 1. The molecule has 0 saturated carbocycles. The van der Waals surface area contributed by atoms with Gasteiger partial charge in [0.1, 0.15) is 0 Å². The number of Topliss-reactive ketones (excluding diaryl/α,β-unsaturated/α-hetero) is 2. The molecule has 2 N–H and O–H groups in total. The van der Waals surface area contributed by atoms with Gasteiger partial charge < -0.3 is 10.6 Å². The molecule has 7 heteroatoms. The summed E-state index contributed by atoms with van der Waals surface area (Å²) in [5.41, 5.74) is 2.21. The summed E-state index contributed by atoms with van der Waals surface area (Å²) in [5, 5.41) is 5.34. The molecule has 0 aliphatic carbocycles. The van der Waals surface area contributed by atoms with Gasteiger partial charge in [-0.2, -0.15) is 0 Å². The number of hydrogen-bond donors (Lipinski definition) is 2. The van der Waals surface area contributed by atoms with Crippen LogP contribution in [-0.4, -0.2) is 36.0 Å². The van der Waals surface area contributed by atoms with Gasteiger partial charge in [-0.25, -0.2) is 0 Å². The number of amides is 2. The Bertz CT molecular complexity index is 947. The van der Waals surface area contributed by atoms with E-state index >= 15 is 0 Å². The molecular formula is C24H30N2O4S. The van der Waals surface area contributed by atoms with Crippen molar-refractivity contribution in [1.82, 2.24) is 10.6 Å². The molecule has 6 nitrogen and oxygen atoms in total. The van der Waals surface area contributed by atoms with Gasteiger partial charge in [-0.15, -0.1) is 11.3 Å². The second-order valence-corrected chi connectivity index (χ2v) is 9.28. The van der Waals surface area contributed by atoms with Gasteiger partial charge in [0.05, 0.1) is 17.5 Å². The summed E-state index contributed by atoms with van der Waals surface area (Å²) < 4.78 is 0. The highest BCUT2D eigenvalue weighted by atomic mass is 32.1. The highest BCUT2D eigenvalue weighted by Crippen LogP contribution is 2.28. The highest BCUT2D eigenvalue weighted by Gasteiger charge is 2.24. The smallest absolute Gasteiger partial charge is 0.261 e. The molecule has 1 heterocycles. The SMILES string of the molecule is CC(=O)[C@@H](NC(=O)[C@H](C)CC(=O)CNC(=O)c1ccc(-c2ccc(C)cc2)s1)C(C)C. The molecule has 2 rings (SSSR count). The van der Waals surface area contributed by atoms with Gasteiger partial charge in [-0.3, -0.25) is 19.2 Å². The fourth-order valence-corrected chi connectivity index (χ4v) is 4.07. The average molecular weight is 443 g/mol. The van der Waals surface area contributed by atoms with Crippen LogP contribution in [-0.2, 0) is 14.4 Å². The van der Waals surface area contributed by atoms with Crippen LogP contribution in [0.25, 0.3) is 10.4 Å². The van der Waals surface area contributed by atoms with Crippen molar-refractivity contribution >= 4 is 34.7 Å². The van der Waals surface area contributed by atoms with Crippen LogP contribution in [0.4, 0.5) is 0 Å². The number of carbonyl (C=O) groups excluding carboxylic acids is 4. The predicted molar refractivity (Wildman–Crippen MR) is 123 cm³/mol. The van der Waals surface area contributed by atoms with E-state index in [1.807, 2.05) is 51.1 Å². The van der Waals surface area contributed by atoms with Gasteiger partial charge in [0, 0.05) is 17.2 Å². The Labute approximate surface area is 187 Å². The number of nitrogens with one attached hydrogen (secondary N) is 2. The second kappa shape index (κ2) is 11.0. The van der Waals surface area contributed by atoms with Crippen molar-refractivity contribution < 1.29 is 19.2 Å². The summed E-state index contributed by atoms with van der Waals surface area (Å²) in [6.45, 7) is 8.66. The van der Waals surface area contributed by atoms with Gasteiger partial charge in [-0.1, -0.05) is 50.6 Å². The number of rotatable bonds is 10. The van der Waals surface area contributed by atoms with E-state index in [1.54, 1.807) is 13.0 Å². The Hall–Kier alpha value is -2.80. The zero-order chi connectivity index (χ0) is 23.1. The topological polar surface area (TPSA) is 92.3 Å². The molecular weight excluding hydrogens is 412 g/mol. The van der Waals surface area contributed by atoms with Crippen LogP contribution in [0.15, 0.2) is 36.4 Å². The maximum Gasteiger partial charge on any atom is 0.261 e. The summed E-state index contributed by atoms with van der Waals surface area (Å²) >= 11 is 1.36. The van der Waals surface area contributed by atoms with E-state index in [2.05, 4.69) is 10.6 Å². The molecule has 0 saturated heterocycles. The van der Waals surface area contributed by atoms with Gasteiger partial charge in [0.2, 0.25) is 5.91 Å². The van der Waals surface area contributed by atoms with Crippen molar-refractivity contribution in [2.24, 2.45) is 11.8 Å². The molecule has 31 heavy (non-hydrogen) atoms. The van der Waals surface area contributed by atoms with Crippen molar-refractivity contribution in [3.05, 3.63) is 46.8 Å². The van der Waals surface area contributed by atoms with E-state index in [0.29, 0.717) is 4.88 Å². The molecule has 2 atom stereocenters. The summed E-state index contributed by atoms with van der Waals surface area (Å²) in [7, 11) is 0. The van der Waals surface area contributed by atoms with Crippen LogP contribution in [0.2, 0.25) is 0 Å². The minimum Gasteiger partial charge on any atom is -0.346 e. The Morgan fingerprint density at radius 1 is 0.968 bits per heavy atom. The van der Waals surface area contributed by atoms with Gasteiger partial charge in [0.25, 0.3) is 5.91 Å². The molecule has 2 aromatic rings. The first-order valence-corrected chi connectivity index (χ1v) is 11.2. The molecule has 0 fully saturated rings. The van der Waals surface area contributed by atoms with E-state index in [0.717, 1.165) is 10.4 Å². The van der Waals surface area contributed by atoms with E-state index in [1.165, 1.54) is 23.8 Å². The van der Waals surface area contributed by atoms with Crippen LogP contribution < -0.4 is 10.6 Å². The first-order valence-electron chi connectivity index (χ1n) is 10.4. The molecule has 166 valence electrons. The Kier molecular flexibility index (Phi) is 8.68. The summed E-state index contributed by atoms with van der Waals surface area (Å²) in [6.07, 6.45) is -0.00606. The van der Waals surface area contributed by atoms with Crippen LogP contribution in [0.5, 0.6) is 0 Å². The number of hydrogen-bond acceptors (Lipinski definition) is 5. The average Bonchev–Trinajstić information content (AvgIpc) is 3.20. The molecule has 0 aliphatic heterocycles. The van der Waals surface area contributed by atoms with E-state index in [9.17, 15) is 19.2 Å². The molecule has 0 radical (unpaired) electrons. The van der Waals surface area contributed by atoms with Gasteiger partial charge >= 0.3 is 0 Å². The lowest BCUT2D eigenvalue weighted by Crippen LogP contribution is -2.46. The minimum atomic E-state index is -0.583. The second-order valence-electron chi connectivity index (χ2n) is 8.20. The predicted octanol–water partition coefficient (Wildman–Crippen LogP) is 3.78. The van der Waals surface area contributed by atoms with Crippen LogP contribution >= 0.6 is 11.3 Å². The van der Waals surface area contributed by atoms with Crippen molar-refractivity contribution in [2.45, 2.75) is 47.1 Å². The lowest BCUT2D eigenvalue weighted by Gasteiger charge is -2.21. The molecule has 0 bridgehead atoms. The maximum absolute atomic E-state index is 12.4. The minimum absolute atomic E-state index is 0.00606. The zero-order valence-corrected chi connectivity index (χ0v) is 19.5. The van der Waals surface area contributed by atoms with Crippen molar-refractivity contribution in [3.8, 4) is 10.4 Å². The Morgan fingerprint density at radius 2 is 1.61 bits per heavy atom. The van der Waals surface area contributed by atoms with Crippen LogP contribution in [0, 0.1) is 18.8 Å². The summed E-state index contributed by atoms with van der Waals surface area (Å²) in [6, 6.07) is 11.1. The molecule has 0 unspecified atom stereocenters. The standard InChI is InChI=1S/C24H30N2O4S/c1-14(2)22(17(5)27)26-23(29)16(4)12-19(28)13-25-24(30)21-11-10-20(31-21)18-8-6-15(3)7-9-18/h6-11,14,16,22H,12-13H2,1-5H3,(H,25,30)(H,26,29)/t16-,22+/m1/s1. The third-order valence-corrected chi connectivity index (χ3v) is 6.13. The fourth-order valence-electron chi connectivity index (χ4n) is 3.14. The summed E-state index contributed by atoms with van der Waals surface area (Å²) in [4.78, 5) is 50.1. The van der Waals surface area contributed by atoms with Crippen LogP contribution in [0.1, 0.15) is 49.4 Å². The molecule has 0 spiro atoms. The number of thiophene rings is 1. The van der Waals surface area contributed by atoms with E-state index in [-0.39, 0.29) is 42.3 Å². The van der Waals surface area contributed by atoms with Crippen molar-refractivity contribution in [2.75, 3.05) is 6.54 Å². The first-order chi connectivity index (χ1) is 14.6. The third-order valence-electron chi connectivity index (χ3n) is 5.00. The van der Waals surface area contributed by atoms with Crippen molar-refractivity contribution in [1.29, 1.82) is 0 Å². The van der Waals surface area contributed by atoms with Gasteiger partial charge in [-0.05, 0) is 37.5 Å². The summed E-state index contributed by atoms with van der Waals surface area (Å²) in [5.74, 6) is -1.62. The maximum atomic E-state index is 12.4. The lowest BCUT2D eigenvalue weighted by molar-refractivity contribution is -0.132. The highest BCUT2D eigenvalue weighted by molar-refractivity contribution is 7.17. The molecule has 1 aromatic heterocycles. The number of benzene rings is 1.